The van der Waals surface area contributed by atoms with Crippen molar-refractivity contribution < 1.29 is 13.2 Å². The molecule has 8 heteroatoms. The number of methoxy groups -OCH3 is 1. The Hall–Kier alpha value is -2.74. The molecule has 0 aliphatic heterocycles. The van der Waals surface area contributed by atoms with Crippen LogP contribution in [0.4, 0.5) is 0 Å². The van der Waals surface area contributed by atoms with Crippen molar-refractivity contribution in [3.63, 3.8) is 0 Å². The van der Waals surface area contributed by atoms with Crippen LogP contribution in [0.25, 0.3) is 0 Å². The maximum atomic E-state index is 13.3. The minimum Gasteiger partial charge on any atom is -0.496 e. The molecular formula is C21H24N4O3S. The van der Waals surface area contributed by atoms with Crippen LogP contribution in [0.3, 0.4) is 0 Å². The number of sulfone groups is 1. The lowest BCUT2D eigenvalue weighted by Gasteiger charge is -2.13. The Morgan fingerprint density at radius 2 is 1.86 bits per heavy atom. The molecule has 2 heterocycles. The Balaban J connectivity index is 1.72. The van der Waals surface area contributed by atoms with Gasteiger partial charge in [0.2, 0.25) is 15.0 Å². The average molecular weight is 413 g/mol. The normalized spacial score (nSPS) is 14.2. The Morgan fingerprint density at radius 3 is 2.52 bits per heavy atom. The molecule has 0 saturated heterocycles. The first-order chi connectivity index (χ1) is 13.9. The molecule has 29 heavy (non-hydrogen) atoms. The van der Waals surface area contributed by atoms with Gasteiger partial charge >= 0.3 is 0 Å². The Bertz CT molecular complexity index is 1140. The average Bonchev–Trinajstić information content (AvgIpc) is 3.45. The molecule has 0 radical (unpaired) electrons. The minimum absolute atomic E-state index is 0.00370. The molecule has 1 aliphatic carbocycles. The standard InChI is InChI=1S/C21H24N4O3S/c1-14-11-22-18(15(2)19(14)28-3)13-29(26,27)21-24-23-20(17-9-10-17)25(21)12-16-7-5-4-6-8-16/h4-8,11,17H,9-10,12-13H2,1-3H3. The van der Waals surface area contributed by atoms with Gasteiger partial charge in [-0.3, -0.25) is 9.55 Å². The van der Waals surface area contributed by atoms with Gasteiger partial charge in [0.15, 0.2) is 0 Å². The first-order valence-corrected chi connectivity index (χ1v) is 11.2. The molecular weight excluding hydrogens is 388 g/mol. The van der Waals surface area contributed by atoms with Gasteiger partial charge in [0, 0.05) is 23.2 Å². The van der Waals surface area contributed by atoms with E-state index in [0.717, 1.165) is 35.4 Å². The molecule has 4 rings (SSSR count). The van der Waals surface area contributed by atoms with E-state index in [-0.39, 0.29) is 16.8 Å². The molecule has 3 aromatic rings. The van der Waals surface area contributed by atoms with Gasteiger partial charge in [-0.1, -0.05) is 30.3 Å². The molecule has 0 atom stereocenters. The first kappa shape index (κ1) is 19.6. The van der Waals surface area contributed by atoms with Crippen molar-refractivity contribution in [1.29, 1.82) is 0 Å². The summed E-state index contributed by atoms with van der Waals surface area (Å²) in [5, 5.41) is 8.34. The molecule has 0 bridgehead atoms. The van der Waals surface area contributed by atoms with Crippen LogP contribution in [0.1, 0.15) is 47.0 Å². The Morgan fingerprint density at radius 1 is 1.14 bits per heavy atom. The quantitative estimate of drug-likeness (QED) is 0.592. The van der Waals surface area contributed by atoms with Crippen molar-refractivity contribution in [2.24, 2.45) is 0 Å². The van der Waals surface area contributed by atoms with Gasteiger partial charge in [0.1, 0.15) is 17.3 Å². The molecule has 1 saturated carbocycles. The maximum Gasteiger partial charge on any atom is 0.250 e. The second kappa shape index (κ2) is 7.59. The number of hydrogen-bond donors (Lipinski definition) is 0. The van der Waals surface area contributed by atoms with Crippen LogP contribution >= 0.6 is 0 Å². The number of hydrogen-bond acceptors (Lipinski definition) is 6. The van der Waals surface area contributed by atoms with Gasteiger partial charge in [0.25, 0.3) is 0 Å². The van der Waals surface area contributed by atoms with Crippen LogP contribution in [0, 0.1) is 13.8 Å². The van der Waals surface area contributed by atoms with Crippen LogP contribution in [-0.2, 0) is 22.1 Å². The van der Waals surface area contributed by atoms with E-state index in [2.05, 4.69) is 15.2 Å². The van der Waals surface area contributed by atoms with E-state index >= 15 is 0 Å². The Labute approximate surface area is 170 Å². The zero-order valence-electron chi connectivity index (χ0n) is 16.8. The maximum absolute atomic E-state index is 13.3. The van der Waals surface area contributed by atoms with E-state index in [0.29, 0.717) is 18.0 Å². The molecule has 0 unspecified atom stereocenters. The third-order valence-corrected chi connectivity index (χ3v) is 6.74. The highest BCUT2D eigenvalue weighted by atomic mass is 32.2. The lowest BCUT2D eigenvalue weighted by Crippen LogP contribution is -2.16. The number of nitrogens with zero attached hydrogens (tertiary/aromatic N) is 4. The van der Waals surface area contributed by atoms with E-state index in [1.54, 1.807) is 17.9 Å². The highest BCUT2D eigenvalue weighted by Gasteiger charge is 2.34. The van der Waals surface area contributed by atoms with Gasteiger partial charge in [0.05, 0.1) is 19.3 Å². The lowest BCUT2D eigenvalue weighted by molar-refractivity contribution is 0.407. The van der Waals surface area contributed by atoms with Gasteiger partial charge < -0.3 is 4.74 Å². The molecule has 152 valence electrons. The van der Waals surface area contributed by atoms with Gasteiger partial charge in [-0.25, -0.2) is 8.42 Å². The third-order valence-electron chi connectivity index (χ3n) is 5.23. The summed E-state index contributed by atoms with van der Waals surface area (Å²) in [4.78, 5) is 4.35. The van der Waals surface area contributed by atoms with Crippen molar-refractivity contribution in [1.82, 2.24) is 19.7 Å². The number of rotatable bonds is 7. The summed E-state index contributed by atoms with van der Waals surface area (Å²) in [6, 6.07) is 9.77. The minimum atomic E-state index is -3.74. The highest BCUT2D eigenvalue weighted by molar-refractivity contribution is 7.90. The summed E-state index contributed by atoms with van der Waals surface area (Å²) in [5.74, 6) is 1.45. The second-order valence-corrected chi connectivity index (χ2v) is 9.38. The fourth-order valence-electron chi connectivity index (χ4n) is 3.55. The van der Waals surface area contributed by atoms with Crippen molar-refractivity contribution in [3.05, 3.63) is 64.7 Å². The smallest absolute Gasteiger partial charge is 0.250 e. The summed E-state index contributed by atoms with van der Waals surface area (Å²) in [5.41, 5.74) is 3.08. The first-order valence-electron chi connectivity index (χ1n) is 9.59. The van der Waals surface area contributed by atoms with E-state index in [4.69, 9.17) is 4.74 Å². The number of benzene rings is 1. The van der Waals surface area contributed by atoms with Crippen LogP contribution in [-0.4, -0.2) is 35.3 Å². The number of aryl methyl sites for hydroxylation is 1. The second-order valence-electron chi connectivity index (χ2n) is 7.49. The monoisotopic (exact) mass is 412 g/mol. The number of ether oxygens (including phenoxy) is 1. The van der Waals surface area contributed by atoms with Crippen LogP contribution in [0.5, 0.6) is 5.75 Å². The molecule has 0 N–H and O–H groups in total. The predicted molar refractivity (Wildman–Crippen MR) is 109 cm³/mol. The number of aromatic nitrogens is 4. The zero-order valence-corrected chi connectivity index (χ0v) is 17.6. The predicted octanol–water partition coefficient (Wildman–Crippen LogP) is 3.20. The van der Waals surface area contributed by atoms with E-state index in [1.165, 1.54) is 0 Å². The van der Waals surface area contributed by atoms with Gasteiger partial charge in [-0.05, 0) is 32.3 Å². The lowest BCUT2D eigenvalue weighted by atomic mass is 10.1. The molecule has 1 aromatic carbocycles. The topological polar surface area (TPSA) is 87.0 Å². The van der Waals surface area contributed by atoms with Crippen molar-refractivity contribution in [3.8, 4) is 5.75 Å². The summed E-state index contributed by atoms with van der Waals surface area (Å²) in [6.45, 7) is 4.14. The van der Waals surface area contributed by atoms with Crippen molar-refractivity contribution in [2.75, 3.05) is 7.11 Å². The molecule has 1 aliphatic rings. The van der Waals surface area contributed by atoms with Crippen molar-refractivity contribution >= 4 is 9.84 Å². The van der Waals surface area contributed by atoms with E-state index in [1.807, 2.05) is 44.2 Å². The van der Waals surface area contributed by atoms with Crippen LogP contribution < -0.4 is 4.74 Å². The van der Waals surface area contributed by atoms with E-state index in [9.17, 15) is 8.42 Å². The summed E-state index contributed by atoms with van der Waals surface area (Å²) in [7, 11) is -2.16. The summed E-state index contributed by atoms with van der Waals surface area (Å²) >= 11 is 0. The molecule has 0 spiro atoms. The number of pyridine rings is 1. The molecule has 2 aromatic heterocycles. The fraction of sp³-hybridized carbons (Fsp3) is 0.381. The Kier molecular flexibility index (Phi) is 5.12. The van der Waals surface area contributed by atoms with Crippen molar-refractivity contribution in [2.45, 2.75) is 50.1 Å². The molecule has 0 amide bonds. The van der Waals surface area contributed by atoms with Crippen LogP contribution in [0.2, 0.25) is 0 Å². The van der Waals surface area contributed by atoms with E-state index < -0.39 is 9.84 Å². The zero-order chi connectivity index (χ0) is 20.6. The molecule has 1 fully saturated rings. The summed E-state index contributed by atoms with van der Waals surface area (Å²) in [6.07, 6.45) is 3.67. The van der Waals surface area contributed by atoms with Gasteiger partial charge in [-0.15, -0.1) is 10.2 Å². The molecule has 7 nitrogen and oxygen atoms in total. The highest BCUT2D eigenvalue weighted by Crippen LogP contribution is 2.40. The summed E-state index contributed by atoms with van der Waals surface area (Å²) < 4.78 is 33.8. The fourth-order valence-corrected chi connectivity index (χ4v) is 4.99. The largest absolute Gasteiger partial charge is 0.496 e. The third kappa shape index (κ3) is 3.89. The SMILES string of the molecule is COc1c(C)cnc(CS(=O)(=O)c2nnc(C3CC3)n2Cc2ccccc2)c1C. The van der Waals surface area contributed by atoms with Crippen LogP contribution in [0.15, 0.2) is 41.7 Å². The van der Waals surface area contributed by atoms with Gasteiger partial charge in [-0.2, -0.15) is 0 Å².